The molecule has 3 aromatic rings. The van der Waals surface area contributed by atoms with Crippen molar-refractivity contribution < 1.29 is 0 Å². The molecular formula is C26H40N6S2. The highest BCUT2D eigenvalue weighted by atomic mass is 32.1. The number of nitrogens with zero attached hydrogens (tertiary/aromatic N) is 4. The third kappa shape index (κ3) is 8.01. The van der Waals surface area contributed by atoms with Gasteiger partial charge in [-0.1, -0.05) is 96.3 Å². The molecular weight excluding hydrogens is 460 g/mol. The largest absolute Gasteiger partial charge is 0.278 e. The highest BCUT2D eigenvalue weighted by molar-refractivity contribution is 7.03. The van der Waals surface area contributed by atoms with E-state index in [1.807, 2.05) is 6.07 Å². The first-order valence-corrected chi connectivity index (χ1v) is 14.5. The van der Waals surface area contributed by atoms with E-state index in [2.05, 4.69) is 49.9 Å². The van der Waals surface area contributed by atoms with Gasteiger partial charge in [-0.05, 0) is 42.0 Å². The Labute approximate surface area is 212 Å². The lowest BCUT2D eigenvalue weighted by molar-refractivity contribution is 0.573. The number of unbranched alkanes of at least 4 members (excludes halogenated alkanes) is 10. The van der Waals surface area contributed by atoms with Crippen LogP contribution in [-0.4, -0.2) is 17.9 Å². The summed E-state index contributed by atoms with van der Waals surface area (Å²) < 4.78 is 4.34. The van der Waals surface area contributed by atoms with Gasteiger partial charge >= 0.3 is 0 Å². The Balaban J connectivity index is 1.70. The van der Waals surface area contributed by atoms with Crippen LogP contribution in [0.15, 0.2) is 24.3 Å². The van der Waals surface area contributed by atoms with Crippen LogP contribution in [-0.2, 0) is 13.1 Å². The molecule has 0 spiro atoms. The van der Waals surface area contributed by atoms with Crippen LogP contribution in [0.5, 0.6) is 0 Å². The molecule has 0 aliphatic carbocycles. The van der Waals surface area contributed by atoms with Crippen molar-refractivity contribution in [1.29, 1.82) is 10.8 Å². The minimum absolute atomic E-state index is 0.353. The molecule has 8 heteroatoms. The molecule has 0 fully saturated rings. The van der Waals surface area contributed by atoms with Gasteiger partial charge in [0.1, 0.15) is 0 Å². The second-order valence-corrected chi connectivity index (χ2v) is 11.0. The Kier molecular flexibility index (Phi) is 11.2. The third-order valence-electron chi connectivity index (χ3n) is 6.09. The normalized spacial score (nSPS) is 11.4. The summed E-state index contributed by atoms with van der Waals surface area (Å²) in [5.41, 5.74) is 2.03. The number of aromatic nitrogens is 4. The molecule has 0 aliphatic rings. The molecule has 34 heavy (non-hydrogen) atoms. The number of hydrogen-bond acceptors (Lipinski definition) is 6. The summed E-state index contributed by atoms with van der Waals surface area (Å²) in [6.45, 7) is 6.31. The molecule has 0 saturated heterocycles. The Morgan fingerprint density at radius 1 is 0.647 bits per heavy atom. The van der Waals surface area contributed by atoms with Crippen molar-refractivity contribution in [2.24, 2.45) is 0 Å². The topological polar surface area (TPSA) is 83.3 Å². The minimum atomic E-state index is 0.353. The van der Waals surface area contributed by atoms with Gasteiger partial charge in [-0.2, -0.15) is 9.97 Å². The van der Waals surface area contributed by atoms with Gasteiger partial charge in [0.2, 0.25) is 9.60 Å². The number of benzene rings is 1. The maximum absolute atomic E-state index is 8.12. The molecule has 3 rings (SSSR count). The summed E-state index contributed by atoms with van der Waals surface area (Å²) in [7, 11) is 0. The summed E-state index contributed by atoms with van der Waals surface area (Å²) in [5.74, 6) is 1.74. The third-order valence-corrected chi connectivity index (χ3v) is 7.77. The first-order chi connectivity index (χ1) is 16.6. The SMILES string of the molecule is CCCCCCCCn1sc(=N)nc1-c1cccc(-c2nc(=N)sn2CCCCCCCC)c1. The average molecular weight is 501 g/mol. The zero-order chi connectivity index (χ0) is 24.2. The van der Waals surface area contributed by atoms with Crippen molar-refractivity contribution in [3.63, 3.8) is 0 Å². The van der Waals surface area contributed by atoms with Gasteiger partial charge in [-0.3, -0.25) is 18.7 Å². The molecule has 0 atom stereocenters. The quantitative estimate of drug-likeness (QED) is 0.204. The van der Waals surface area contributed by atoms with Crippen LogP contribution in [0.4, 0.5) is 0 Å². The van der Waals surface area contributed by atoms with E-state index in [1.165, 1.54) is 87.3 Å². The minimum Gasteiger partial charge on any atom is -0.278 e. The predicted octanol–water partition coefficient (Wildman–Crippen LogP) is 7.22. The van der Waals surface area contributed by atoms with E-state index in [1.54, 1.807) is 0 Å². The lowest BCUT2D eigenvalue weighted by Gasteiger charge is -2.09. The molecule has 186 valence electrons. The van der Waals surface area contributed by atoms with Crippen LogP contribution >= 0.6 is 23.1 Å². The second kappa shape index (κ2) is 14.4. The van der Waals surface area contributed by atoms with E-state index in [-0.39, 0.29) is 0 Å². The van der Waals surface area contributed by atoms with Crippen molar-refractivity contribution in [3.8, 4) is 22.8 Å². The second-order valence-electron chi connectivity index (χ2n) is 8.98. The van der Waals surface area contributed by atoms with Crippen LogP contribution in [0.1, 0.15) is 90.9 Å². The molecule has 0 saturated carbocycles. The van der Waals surface area contributed by atoms with E-state index in [4.69, 9.17) is 10.8 Å². The van der Waals surface area contributed by atoms with E-state index in [9.17, 15) is 0 Å². The summed E-state index contributed by atoms with van der Waals surface area (Å²) in [4.78, 5) is 9.79. The van der Waals surface area contributed by atoms with Crippen LogP contribution in [0.2, 0.25) is 0 Å². The lowest BCUT2D eigenvalue weighted by Crippen LogP contribution is -2.00. The summed E-state index contributed by atoms with van der Waals surface area (Å²) in [6, 6.07) is 8.31. The summed E-state index contributed by atoms with van der Waals surface area (Å²) >= 11 is 2.86. The first-order valence-electron chi connectivity index (χ1n) is 13.0. The number of aryl methyl sites for hydroxylation is 2. The fourth-order valence-corrected chi connectivity index (χ4v) is 5.81. The first kappa shape index (κ1) is 26.5. The fraction of sp³-hybridized carbons (Fsp3) is 0.615. The maximum Gasteiger partial charge on any atom is 0.219 e. The van der Waals surface area contributed by atoms with Crippen molar-refractivity contribution in [2.45, 2.75) is 104 Å². The Bertz CT molecular complexity index is 1020. The average Bonchev–Trinajstić information content (AvgIpc) is 3.40. The Morgan fingerprint density at radius 2 is 1.06 bits per heavy atom. The van der Waals surface area contributed by atoms with Crippen LogP contribution in [0, 0.1) is 10.8 Å². The summed E-state index contributed by atoms with van der Waals surface area (Å²) in [5, 5.41) is 16.2. The summed E-state index contributed by atoms with van der Waals surface area (Å²) in [6.07, 6.45) is 15.0. The van der Waals surface area contributed by atoms with Crippen LogP contribution in [0.3, 0.4) is 0 Å². The highest BCUT2D eigenvalue weighted by Gasteiger charge is 2.13. The molecule has 0 unspecified atom stereocenters. The zero-order valence-corrected chi connectivity index (χ0v) is 22.4. The molecule has 0 bridgehead atoms. The predicted molar refractivity (Wildman–Crippen MR) is 143 cm³/mol. The van der Waals surface area contributed by atoms with Crippen molar-refractivity contribution in [1.82, 2.24) is 17.9 Å². The van der Waals surface area contributed by atoms with E-state index in [0.29, 0.717) is 9.60 Å². The number of hydrogen-bond donors (Lipinski definition) is 2. The molecule has 0 amide bonds. The van der Waals surface area contributed by atoms with Gasteiger partial charge in [0.15, 0.2) is 11.6 Å². The van der Waals surface area contributed by atoms with Crippen LogP contribution in [0.25, 0.3) is 22.8 Å². The van der Waals surface area contributed by atoms with Crippen molar-refractivity contribution in [2.75, 3.05) is 0 Å². The Morgan fingerprint density at radius 3 is 1.50 bits per heavy atom. The lowest BCUT2D eigenvalue weighted by atomic mass is 10.1. The monoisotopic (exact) mass is 500 g/mol. The maximum atomic E-state index is 8.12. The molecule has 2 aromatic heterocycles. The van der Waals surface area contributed by atoms with E-state index in [0.717, 1.165) is 48.7 Å². The van der Waals surface area contributed by atoms with Gasteiger partial charge in [0, 0.05) is 24.2 Å². The molecule has 0 aliphatic heterocycles. The van der Waals surface area contributed by atoms with Crippen molar-refractivity contribution in [3.05, 3.63) is 33.9 Å². The van der Waals surface area contributed by atoms with Gasteiger partial charge in [-0.25, -0.2) is 0 Å². The fourth-order valence-electron chi connectivity index (χ4n) is 4.23. The highest BCUT2D eigenvalue weighted by Crippen LogP contribution is 2.26. The Hall–Kier alpha value is -2.06. The van der Waals surface area contributed by atoms with Crippen molar-refractivity contribution >= 4 is 23.1 Å². The van der Waals surface area contributed by atoms with Gasteiger partial charge in [0.05, 0.1) is 0 Å². The molecule has 1 aromatic carbocycles. The van der Waals surface area contributed by atoms with E-state index >= 15 is 0 Å². The van der Waals surface area contributed by atoms with Gasteiger partial charge in [-0.15, -0.1) is 0 Å². The molecule has 2 heterocycles. The van der Waals surface area contributed by atoms with Gasteiger partial charge in [0.25, 0.3) is 0 Å². The van der Waals surface area contributed by atoms with Crippen LogP contribution < -0.4 is 9.60 Å². The zero-order valence-electron chi connectivity index (χ0n) is 20.8. The molecule has 2 N–H and O–H groups in total. The molecule has 6 nitrogen and oxygen atoms in total. The molecule has 0 radical (unpaired) electrons. The number of nitrogens with one attached hydrogen (secondary N) is 2. The van der Waals surface area contributed by atoms with E-state index < -0.39 is 0 Å². The number of rotatable bonds is 16. The standard InChI is InChI=1S/C26H40N6S2/c1-3-5-7-9-11-13-18-31-23(29-25(27)33-31)21-16-15-17-22(20-21)24-30-26(28)34-32(24)19-14-12-10-8-6-4-2/h15-17,20,27-28H,3-14,18-19H2,1-2H3. The smallest absolute Gasteiger partial charge is 0.219 e. The van der Waals surface area contributed by atoms with Gasteiger partial charge < -0.3 is 0 Å².